The summed E-state index contributed by atoms with van der Waals surface area (Å²) in [6.07, 6.45) is 3.70. The average molecular weight is 368 g/mol. The van der Waals surface area contributed by atoms with Crippen molar-refractivity contribution in [2.24, 2.45) is 5.73 Å². The maximum Gasteiger partial charge on any atom is 0.280 e. The minimum atomic E-state index is -0.462. The second kappa shape index (κ2) is 6.77. The van der Waals surface area contributed by atoms with Crippen molar-refractivity contribution in [3.63, 3.8) is 0 Å². The molecule has 2 aromatic heterocycles. The molecule has 1 aromatic carbocycles. The summed E-state index contributed by atoms with van der Waals surface area (Å²) < 4.78 is 12.9. The van der Waals surface area contributed by atoms with Gasteiger partial charge in [-0.3, -0.25) is 0 Å². The Kier molecular flexibility index (Phi) is 4.43. The molecule has 1 saturated carbocycles. The van der Waals surface area contributed by atoms with Crippen molar-refractivity contribution < 1.29 is 9.26 Å². The van der Waals surface area contributed by atoms with Gasteiger partial charge < -0.3 is 15.0 Å². The van der Waals surface area contributed by atoms with Crippen molar-refractivity contribution >= 4 is 0 Å². The van der Waals surface area contributed by atoms with E-state index in [1.165, 1.54) is 0 Å². The van der Waals surface area contributed by atoms with Crippen molar-refractivity contribution in [3.8, 4) is 23.0 Å². The van der Waals surface area contributed by atoms with Crippen molar-refractivity contribution in [2.45, 2.75) is 58.1 Å². The van der Waals surface area contributed by atoms with E-state index in [0.717, 1.165) is 42.8 Å². The summed E-state index contributed by atoms with van der Waals surface area (Å²) in [5.41, 5.74) is 8.23. The van der Waals surface area contributed by atoms with Gasteiger partial charge in [0.15, 0.2) is 11.5 Å². The highest BCUT2D eigenvalue weighted by molar-refractivity contribution is 5.52. The first-order chi connectivity index (χ1) is 13.0. The number of rotatable bonds is 6. The molecular weight excluding hydrogens is 344 g/mol. The molecule has 1 aliphatic rings. The molecule has 142 valence electrons. The fraction of sp³-hybridized carbons (Fsp3) is 0.474. The minimum Gasteiger partial charge on any atom is -0.491 e. The Hall–Kier alpha value is -2.74. The molecule has 0 spiro atoms. The van der Waals surface area contributed by atoms with Gasteiger partial charge in [0, 0.05) is 0 Å². The standard InChI is InChI=1S/C19H24N6O2/c1-4-15-16(17-21-18(23-27-17)19(20)10-5-11-19)22-24-25(15)13-6-8-14(9-7-13)26-12(2)3/h6-9,12H,4-5,10-11,20H2,1-3H3. The average Bonchev–Trinajstić information content (AvgIpc) is 3.26. The summed E-state index contributed by atoms with van der Waals surface area (Å²) in [7, 11) is 0. The van der Waals surface area contributed by atoms with Crippen LogP contribution in [0.25, 0.3) is 17.3 Å². The summed E-state index contributed by atoms with van der Waals surface area (Å²) in [5.74, 6) is 1.74. The largest absolute Gasteiger partial charge is 0.491 e. The van der Waals surface area contributed by atoms with Crippen LogP contribution in [0.5, 0.6) is 5.75 Å². The summed E-state index contributed by atoms with van der Waals surface area (Å²) in [4.78, 5) is 4.50. The van der Waals surface area contributed by atoms with Gasteiger partial charge >= 0.3 is 0 Å². The zero-order valence-electron chi connectivity index (χ0n) is 15.8. The third-order valence-electron chi connectivity index (χ3n) is 4.87. The maximum absolute atomic E-state index is 6.29. The number of benzene rings is 1. The van der Waals surface area contributed by atoms with Crippen molar-refractivity contribution in [3.05, 3.63) is 35.8 Å². The first-order valence-corrected chi connectivity index (χ1v) is 9.35. The molecule has 8 heteroatoms. The van der Waals surface area contributed by atoms with Crippen LogP contribution in [0.1, 0.15) is 51.6 Å². The van der Waals surface area contributed by atoms with Crippen LogP contribution < -0.4 is 10.5 Å². The lowest BCUT2D eigenvalue weighted by Gasteiger charge is -2.34. The van der Waals surface area contributed by atoms with E-state index in [9.17, 15) is 0 Å². The molecule has 0 atom stereocenters. The van der Waals surface area contributed by atoms with E-state index < -0.39 is 5.54 Å². The quantitative estimate of drug-likeness (QED) is 0.713. The Bertz CT molecular complexity index is 924. The summed E-state index contributed by atoms with van der Waals surface area (Å²) in [6.45, 7) is 6.05. The Balaban J connectivity index is 1.64. The molecule has 0 unspecified atom stereocenters. The number of nitrogens with zero attached hydrogens (tertiary/aromatic N) is 5. The van der Waals surface area contributed by atoms with Gasteiger partial charge in [-0.05, 0) is 63.8 Å². The van der Waals surface area contributed by atoms with E-state index in [1.54, 1.807) is 4.68 Å². The van der Waals surface area contributed by atoms with Crippen LogP contribution in [0.4, 0.5) is 0 Å². The highest BCUT2D eigenvalue weighted by Crippen LogP contribution is 2.37. The Morgan fingerprint density at radius 3 is 2.59 bits per heavy atom. The number of nitrogens with two attached hydrogens (primary N) is 1. The van der Waals surface area contributed by atoms with Crippen molar-refractivity contribution in [1.29, 1.82) is 0 Å². The van der Waals surface area contributed by atoms with Gasteiger partial charge in [0.1, 0.15) is 5.75 Å². The van der Waals surface area contributed by atoms with Gasteiger partial charge in [-0.2, -0.15) is 4.98 Å². The van der Waals surface area contributed by atoms with Gasteiger partial charge in [-0.1, -0.05) is 17.3 Å². The summed E-state index contributed by atoms with van der Waals surface area (Å²) in [6, 6.07) is 7.76. The van der Waals surface area contributed by atoms with E-state index in [1.807, 2.05) is 45.0 Å². The van der Waals surface area contributed by atoms with E-state index in [0.29, 0.717) is 17.4 Å². The third-order valence-corrected chi connectivity index (χ3v) is 4.87. The molecule has 1 fully saturated rings. The number of ether oxygens (including phenoxy) is 1. The van der Waals surface area contributed by atoms with Crippen LogP contribution in [-0.2, 0) is 12.0 Å². The van der Waals surface area contributed by atoms with Crippen LogP contribution in [0.3, 0.4) is 0 Å². The number of hydrogen-bond acceptors (Lipinski definition) is 7. The fourth-order valence-electron chi connectivity index (χ4n) is 3.23. The molecule has 8 nitrogen and oxygen atoms in total. The van der Waals surface area contributed by atoms with Gasteiger partial charge in [0.2, 0.25) is 0 Å². The normalized spacial score (nSPS) is 15.7. The maximum atomic E-state index is 6.29. The monoisotopic (exact) mass is 368 g/mol. The second-order valence-electron chi connectivity index (χ2n) is 7.24. The molecule has 2 N–H and O–H groups in total. The molecule has 3 aromatic rings. The van der Waals surface area contributed by atoms with E-state index in [2.05, 4.69) is 20.5 Å². The predicted molar refractivity (Wildman–Crippen MR) is 99.5 cm³/mol. The third kappa shape index (κ3) is 3.21. The first-order valence-electron chi connectivity index (χ1n) is 9.35. The van der Waals surface area contributed by atoms with Crippen LogP contribution in [0.2, 0.25) is 0 Å². The Morgan fingerprint density at radius 2 is 2.00 bits per heavy atom. The van der Waals surface area contributed by atoms with Gasteiger partial charge in [0.05, 0.1) is 23.0 Å². The second-order valence-corrected chi connectivity index (χ2v) is 7.24. The van der Waals surface area contributed by atoms with Crippen molar-refractivity contribution in [2.75, 3.05) is 0 Å². The number of hydrogen-bond donors (Lipinski definition) is 1. The SMILES string of the molecule is CCc1c(-c2nc(C3(N)CCC3)no2)nnn1-c1ccc(OC(C)C)cc1. The smallest absolute Gasteiger partial charge is 0.280 e. The highest BCUT2D eigenvalue weighted by atomic mass is 16.5. The van der Waals surface area contributed by atoms with Crippen molar-refractivity contribution in [1.82, 2.24) is 25.1 Å². The van der Waals surface area contributed by atoms with E-state index in [-0.39, 0.29) is 6.10 Å². The van der Waals surface area contributed by atoms with Gasteiger partial charge in [-0.25, -0.2) is 4.68 Å². The van der Waals surface area contributed by atoms with Crippen LogP contribution in [0, 0.1) is 0 Å². The highest BCUT2D eigenvalue weighted by Gasteiger charge is 2.39. The van der Waals surface area contributed by atoms with Crippen LogP contribution >= 0.6 is 0 Å². The summed E-state index contributed by atoms with van der Waals surface area (Å²) in [5, 5.41) is 12.7. The zero-order valence-corrected chi connectivity index (χ0v) is 15.8. The lowest BCUT2D eigenvalue weighted by atomic mass is 9.77. The van der Waals surface area contributed by atoms with Crippen LogP contribution in [-0.4, -0.2) is 31.2 Å². The molecule has 0 aliphatic heterocycles. The first kappa shape index (κ1) is 17.7. The predicted octanol–water partition coefficient (Wildman–Crippen LogP) is 3.00. The van der Waals surface area contributed by atoms with Gasteiger partial charge in [0.25, 0.3) is 5.89 Å². The van der Waals surface area contributed by atoms with Crippen LogP contribution in [0.15, 0.2) is 28.8 Å². The lowest BCUT2D eigenvalue weighted by Crippen LogP contribution is -2.44. The Morgan fingerprint density at radius 1 is 1.26 bits per heavy atom. The molecule has 0 amide bonds. The number of aromatic nitrogens is 5. The topological polar surface area (TPSA) is 105 Å². The minimum absolute atomic E-state index is 0.133. The molecular formula is C19H24N6O2. The molecule has 4 rings (SSSR count). The Labute approximate surface area is 157 Å². The summed E-state index contributed by atoms with van der Waals surface area (Å²) >= 11 is 0. The molecule has 0 bridgehead atoms. The molecule has 2 heterocycles. The van der Waals surface area contributed by atoms with Gasteiger partial charge in [-0.15, -0.1) is 5.10 Å². The molecule has 0 radical (unpaired) electrons. The van der Waals surface area contributed by atoms with E-state index >= 15 is 0 Å². The zero-order chi connectivity index (χ0) is 19.0. The molecule has 27 heavy (non-hydrogen) atoms. The fourth-order valence-corrected chi connectivity index (χ4v) is 3.23. The molecule has 1 aliphatic carbocycles. The molecule has 0 saturated heterocycles. The lowest BCUT2D eigenvalue weighted by molar-refractivity contribution is 0.229. The van der Waals surface area contributed by atoms with E-state index in [4.69, 9.17) is 15.0 Å².